The van der Waals surface area contributed by atoms with E-state index >= 15 is 0 Å². The van der Waals surface area contributed by atoms with Crippen LogP contribution in [0.4, 0.5) is 5.69 Å². The Balaban J connectivity index is 0.00000306. The van der Waals surface area contributed by atoms with Crippen molar-refractivity contribution in [3.05, 3.63) is 88.0 Å². The lowest BCUT2D eigenvalue weighted by Gasteiger charge is -2.18. The molecule has 168 valence electrons. The van der Waals surface area contributed by atoms with Crippen molar-refractivity contribution in [1.82, 2.24) is 4.98 Å². The molecular formula is C25H21ClN2O5. The van der Waals surface area contributed by atoms with Gasteiger partial charge in [-0.25, -0.2) is 4.98 Å². The minimum atomic E-state index is -1.03. The average molecular weight is 465 g/mol. The lowest BCUT2D eigenvalue weighted by atomic mass is 9.89. The predicted molar refractivity (Wildman–Crippen MR) is 129 cm³/mol. The Hall–Kier alpha value is -3.97. The summed E-state index contributed by atoms with van der Waals surface area (Å²) < 4.78 is 5.55. The largest absolute Gasteiger partial charge is 0.496 e. The number of halogens is 1. The smallest absolute Gasteiger partial charge is 0.307 e. The summed E-state index contributed by atoms with van der Waals surface area (Å²) in [4.78, 5) is 27.6. The van der Waals surface area contributed by atoms with Crippen molar-refractivity contribution in [2.45, 2.75) is 13.3 Å². The van der Waals surface area contributed by atoms with E-state index in [1.807, 2.05) is 55.5 Å². The number of nitrogens with zero attached hydrogens (tertiary/aromatic N) is 2. The maximum absolute atomic E-state index is 11.9. The van der Waals surface area contributed by atoms with Gasteiger partial charge in [0.05, 0.1) is 29.7 Å². The average Bonchev–Trinajstić information content (AvgIpc) is 2.78. The van der Waals surface area contributed by atoms with Gasteiger partial charge in [0.25, 0.3) is 5.69 Å². The van der Waals surface area contributed by atoms with Gasteiger partial charge >= 0.3 is 5.97 Å². The number of aliphatic carboxylic acids is 1. The van der Waals surface area contributed by atoms with Crippen LogP contribution in [0.15, 0.2) is 66.7 Å². The van der Waals surface area contributed by atoms with Gasteiger partial charge in [0.15, 0.2) is 0 Å². The number of nitro groups is 1. The molecule has 0 unspecified atom stereocenters. The third kappa shape index (κ3) is 4.63. The first-order chi connectivity index (χ1) is 15.4. The topological polar surface area (TPSA) is 103 Å². The molecule has 1 aromatic heterocycles. The molecule has 4 rings (SSSR count). The lowest BCUT2D eigenvalue weighted by Crippen LogP contribution is -2.07. The van der Waals surface area contributed by atoms with Crippen LogP contribution in [0, 0.1) is 17.0 Å². The molecule has 0 aliphatic heterocycles. The van der Waals surface area contributed by atoms with Crippen molar-refractivity contribution in [1.29, 1.82) is 0 Å². The molecule has 33 heavy (non-hydrogen) atoms. The van der Waals surface area contributed by atoms with Crippen molar-refractivity contribution >= 4 is 35.0 Å². The second-order valence-electron chi connectivity index (χ2n) is 7.41. The number of aryl methyl sites for hydroxylation is 1. The second kappa shape index (κ2) is 9.67. The van der Waals surface area contributed by atoms with Crippen molar-refractivity contribution < 1.29 is 19.6 Å². The Kier molecular flexibility index (Phi) is 6.94. The molecule has 0 aliphatic carbocycles. The van der Waals surface area contributed by atoms with E-state index in [9.17, 15) is 20.0 Å². The molecular weight excluding hydrogens is 444 g/mol. The Morgan fingerprint density at radius 1 is 1.09 bits per heavy atom. The zero-order valence-electron chi connectivity index (χ0n) is 17.9. The highest BCUT2D eigenvalue weighted by atomic mass is 35.5. The summed E-state index contributed by atoms with van der Waals surface area (Å²) >= 11 is 0. The van der Waals surface area contributed by atoms with Crippen LogP contribution in [-0.4, -0.2) is 28.1 Å². The fourth-order valence-corrected chi connectivity index (χ4v) is 3.89. The first-order valence-corrected chi connectivity index (χ1v) is 9.92. The molecule has 8 heteroatoms. The van der Waals surface area contributed by atoms with E-state index in [1.165, 1.54) is 12.1 Å². The number of carbonyl (C=O) groups is 1. The highest BCUT2D eigenvalue weighted by molar-refractivity contribution is 6.02. The van der Waals surface area contributed by atoms with Crippen molar-refractivity contribution in [3.8, 4) is 28.1 Å². The van der Waals surface area contributed by atoms with Crippen LogP contribution in [0.2, 0.25) is 0 Å². The number of carboxylic acids is 1. The first kappa shape index (κ1) is 23.7. The molecule has 0 spiro atoms. The van der Waals surface area contributed by atoms with Crippen LogP contribution in [0.3, 0.4) is 0 Å². The summed E-state index contributed by atoms with van der Waals surface area (Å²) in [5.41, 5.74) is 4.40. The molecule has 0 saturated heterocycles. The third-order valence-corrected chi connectivity index (χ3v) is 5.28. The molecule has 0 atom stereocenters. The number of hydrogen-bond donors (Lipinski definition) is 1. The zero-order valence-corrected chi connectivity index (χ0v) is 18.8. The normalized spacial score (nSPS) is 10.5. The van der Waals surface area contributed by atoms with E-state index in [0.717, 1.165) is 11.1 Å². The zero-order chi connectivity index (χ0) is 22.8. The van der Waals surface area contributed by atoms with Crippen LogP contribution >= 0.6 is 12.4 Å². The number of fused-ring (bicyclic) bond motifs is 1. The maximum atomic E-state index is 11.9. The SMILES string of the molecule is COc1ccc(C)cc1-c1nc2ccc([N+](=O)[O-])cc2c(-c2ccccc2)c1CC(=O)O.Cl. The standard InChI is InChI=1S/C25H20N2O5.ClH/c1-15-8-11-22(32-2)19(12-15)25-20(14-23(28)29)24(16-6-4-3-5-7-16)18-13-17(27(30)31)9-10-21(18)26-25;/h3-13H,14H2,1-2H3,(H,28,29);1H. The highest BCUT2D eigenvalue weighted by Gasteiger charge is 2.23. The van der Waals surface area contributed by atoms with Crippen LogP contribution in [-0.2, 0) is 11.2 Å². The number of pyridine rings is 1. The molecule has 4 aromatic rings. The highest BCUT2D eigenvalue weighted by Crippen LogP contribution is 2.41. The fourth-order valence-electron chi connectivity index (χ4n) is 3.89. The Morgan fingerprint density at radius 3 is 2.45 bits per heavy atom. The first-order valence-electron chi connectivity index (χ1n) is 9.92. The maximum Gasteiger partial charge on any atom is 0.307 e. The van der Waals surface area contributed by atoms with Crippen molar-refractivity contribution in [2.75, 3.05) is 7.11 Å². The molecule has 0 aliphatic rings. The summed E-state index contributed by atoms with van der Waals surface area (Å²) in [5, 5.41) is 21.7. The minimum Gasteiger partial charge on any atom is -0.496 e. The van der Waals surface area contributed by atoms with Crippen LogP contribution in [0.1, 0.15) is 11.1 Å². The van der Waals surface area contributed by atoms with E-state index in [4.69, 9.17) is 9.72 Å². The van der Waals surface area contributed by atoms with Crippen LogP contribution in [0.25, 0.3) is 33.3 Å². The van der Waals surface area contributed by atoms with Gasteiger partial charge in [-0.1, -0.05) is 42.0 Å². The number of benzene rings is 3. The lowest BCUT2D eigenvalue weighted by molar-refractivity contribution is -0.384. The monoisotopic (exact) mass is 464 g/mol. The number of methoxy groups -OCH3 is 1. The van der Waals surface area contributed by atoms with E-state index in [0.29, 0.717) is 39.0 Å². The van der Waals surface area contributed by atoms with E-state index in [2.05, 4.69) is 0 Å². The molecule has 0 bridgehead atoms. The molecule has 0 amide bonds. The molecule has 7 nitrogen and oxygen atoms in total. The number of hydrogen-bond acceptors (Lipinski definition) is 5. The number of non-ortho nitro benzene ring substituents is 1. The van der Waals surface area contributed by atoms with Gasteiger partial charge in [-0.3, -0.25) is 14.9 Å². The Labute approximate surface area is 196 Å². The van der Waals surface area contributed by atoms with Crippen LogP contribution < -0.4 is 4.74 Å². The molecule has 1 heterocycles. The van der Waals surface area contributed by atoms with E-state index in [1.54, 1.807) is 13.2 Å². The van der Waals surface area contributed by atoms with Gasteiger partial charge in [0.2, 0.25) is 0 Å². The molecule has 0 fully saturated rings. The fraction of sp³-hybridized carbons (Fsp3) is 0.120. The van der Waals surface area contributed by atoms with Gasteiger partial charge in [0.1, 0.15) is 5.75 Å². The quantitative estimate of drug-likeness (QED) is 0.284. The van der Waals surface area contributed by atoms with Crippen molar-refractivity contribution in [2.24, 2.45) is 0 Å². The molecule has 3 aromatic carbocycles. The third-order valence-electron chi connectivity index (χ3n) is 5.28. The van der Waals surface area contributed by atoms with Gasteiger partial charge in [-0.15, -0.1) is 12.4 Å². The number of ether oxygens (including phenoxy) is 1. The summed E-state index contributed by atoms with van der Waals surface area (Å²) in [6.07, 6.45) is -0.303. The predicted octanol–water partition coefficient (Wildman–Crippen LogP) is 5.84. The summed E-state index contributed by atoms with van der Waals surface area (Å²) in [6.45, 7) is 1.93. The van der Waals surface area contributed by atoms with Crippen molar-refractivity contribution in [3.63, 3.8) is 0 Å². The van der Waals surface area contributed by atoms with Gasteiger partial charge in [0, 0.05) is 23.1 Å². The summed E-state index contributed by atoms with van der Waals surface area (Å²) in [6, 6.07) is 19.3. The van der Waals surface area contributed by atoms with E-state index in [-0.39, 0.29) is 24.5 Å². The van der Waals surface area contributed by atoms with Gasteiger partial charge < -0.3 is 9.84 Å². The Bertz CT molecular complexity index is 1360. The number of rotatable bonds is 6. The minimum absolute atomic E-state index is 0. The molecule has 0 saturated carbocycles. The number of aromatic nitrogens is 1. The molecule has 1 N–H and O–H groups in total. The Morgan fingerprint density at radius 2 is 1.82 bits per heavy atom. The second-order valence-corrected chi connectivity index (χ2v) is 7.41. The molecule has 0 radical (unpaired) electrons. The van der Waals surface area contributed by atoms with E-state index < -0.39 is 10.9 Å². The van der Waals surface area contributed by atoms with Gasteiger partial charge in [-0.2, -0.15) is 0 Å². The summed E-state index contributed by atoms with van der Waals surface area (Å²) in [7, 11) is 1.55. The van der Waals surface area contributed by atoms with Gasteiger partial charge in [-0.05, 0) is 41.8 Å². The summed E-state index contributed by atoms with van der Waals surface area (Å²) in [5.74, 6) is -0.461. The number of nitro benzene ring substituents is 1. The number of carboxylic acid groups (broad SMARTS) is 1. The van der Waals surface area contributed by atoms with Crippen LogP contribution in [0.5, 0.6) is 5.75 Å².